The molecule has 98 valence electrons. The van der Waals surface area contributed by atoms with E-state index in [-0.39, 0.29) is 5.54 Å². The zero-order valence-electron chi connectivity index (χ0n) is 11.5. The first-order valence-electron chi connectivity index (χ1n) is 7.25. The van der Waals surface area contributed by atoms with Gasteiger partial charge in [0, 0.05) is 29.9 Å². The number of rotatable bonds is 1. The van der Waals surface area contributed by atoms with E-state index in [9.17, 15) is 0 Å². The predicted octanol–water partition coefficient (Wildman–Crippen LogP) is 3.19. The Bertz CT molecular complexity index is 399. The Labute approximate surface area is 110 Å². The molecule has 0 aromatic heterocycles. The molecule has 2 heteroatoms. The van der Waals surface area contributed by atoms with Crippen molar-refractivity contribution in [2.75, 3.05) is 11.4 Å². The van der Waals surface area contributed by atoms with Crippen molar-refractivity contribution in [3.05, 3.63) is 30.3 Å². The summed E-state index contributed by atoms with van der Waals surface area (Å²) in [4.78, 5) is 2.64. The van der Waals surface area contributed by atoms with Crippen molar-refractivity contribution in [3.8, 4) is 0 Å². The SMILES string of the molecule is CC1(C)CN(c2ccccc2)[C@@H]2CCCC[C@H]2N1. The van der Waals surface area contributed by atoms with Gasteiger partial charge in [-0.3, -0.25) is 0 Å². The monoisotopic (exact) mass is 244 g/mol. The summed E-state index contributed by atoms with van der Waals surface area (Å²) in [7, 11) is 0. The van der Waals surface area contributed by atoms with Gasteiger partial charge in [-0.2, -0.15) is 0 Å². The summed E-state index contributed by atoms with van der Waals surface area (Å²) in [6.45, 7) is 5.76. The number of hydrogen-bond acceptors (Lipinski definition) is 2. The fourth-order valence-corrected chi connectivity index (χ4v) is 3.65. The van der Waals surface area contributed by atoms with Gasteiger partial charge < -0.3 is 10.2 Å². The second kappa shape index (κ2) is 4.58. The zero-order valence-corrected chi connectivity index (χ0v) is 11.5. The highest BCUT2D eigenvalue weighted by Crippen LogP contribution is 2.33. The van der Waals surface area contributed by atoms with Crippen molar-refractivity contribution in [1.29, 1.82) is 0 Å². The maximum absolute atomic E-state index is 3.85. The van der Waals surface area contributed by atoms with Gasteiger partial charge in [-0.25, -0.2) is 0 Å². The quantitative estimate of drug-likeness (QED) is 0.816. The number of nitrogens with zero attached hydrogens (tertiary/aromatic N) is 1. The number of piperazine rings is 1. The molecule has 1 aromatic rings. The molecule has 1 saturated carbocycles. The van der Waals surface area contributed by atoms with E-state index in [0.29, 0.717) is 12.1 Å². The van der Waals surface area contributed by atoms with E-state index in [1.54, 1.807) is 0 Å². The molecule has 1 aliphatic carbocycles. The molecule has 2 aliphatic rings. The number of fused-ring (bicyclic) bond motifs is 1. The summed E-state index contributed by atoms with van der Waals surface area (Å²) in [6, 6.07) is 12.3. The molecule has 1 aromatic carbocycles. The number of nitrogens with one attached hydrogen (secondary N) is 1. The minimum atomic E-state index is 0.217. The Morgan fingerprint density at radius 1 is 1.11 bits per heavy atom. The van der Waals surface area contributed by atoms with Crippen molar-refractivity contribution in [3.63, 3.8) is 0 Å². The normalized spacial score (nSPS) is 30.9. The van der Waals surface area contributed by atoms with Gasteiger partial charge in [-0.1, -0.05) is 31.0 Å². The van der Waals surface area contributed by atoms with Crippen LogP contribution in [0.1, 0.15) is 39.5 Å². The highest BCUT2D eigenvalue weighted by molar-refractivity contribution is 5.49. The van der Waals surface area contributed by atoms with Crippen LogP contribution >= 0.6 is 0 Å². The Kier molecular flexibility index (Phi) is 3.06. The first kappa shape index (κ1) is 12.0. The van der Waals surface area contributed by atoms with E-state index in [0.717, 1.165) is 6.54 Å². The smallest absolute Gasteiger partial charge is 0.0444 e. The molecule has 1 aliphatic heterocycles. The van der Waals surface area contributed by atoms with Crippen LogP contribution in [0.15, 0.2) is 30.3 Å². The molecular formula is C16H24N2. The molecule has 2 atom stereocenters. The minimum Gasteiger partial charge on any atom is -0.365 e. The lowest BCUT2D eigenvalue weighted by Gasteiger charge is -2.52. The molecule has 1 heterocycles. The maximum atomic E-state index is 3.85. The van der Waals surface area contributed by atoms with Crippen molar-refractivity contribution in [2.24, 2.45) is 0 Å². The molecule has 2 nitrogen and oxygen atoms in total. The molecule has 0 unspecified atom stereocenters. The van der Waals surface area contributed by atoms with Crippen LogP contribution in [0.25, 0.3) is 0 Å². The zero-order chi connectivity index (χ0) is 12.6. The molecule has 0 bridgehead atoms. The van der Waals surface area contributed by atoms with Crippen LogP contribution in [-0.4, -0.2) is 24.2 Å². The molecule has 0 radical (unpaired) electrons. The number of para-hydroxylation sites is 1. The lowest BCUT2D eigenvalue weighted by atomic mass is 9.83. The average Bonchev–Trinajstić information content (AvgIpc) is 2.38. The molecular weight excluding hydrogens is 220 g/mol. The van der Waals surface area contributed by atoms with Crippen LogP contribution in [0.5, 0.6) is 0 Å². The fourth-order valence-electron chi connectivity index (χ4n) is 3.65. The maximum Gasteiger partial charge on any atom is 0.0444 e. The van der Waals surface area contributed by atoms with Gasteiger partial charge in [-0.15, -0.1) is 0 Å². The lowest BCUT2D eigenvalue weighted by molar-refractivity contribution is 0.199. The van der Waals surface area contributed by atoms with Crippen LogP contribution in [0, 0.1) is 0 Å². The lowest BCUT2D eigenvalue weighted by Crippen LogP contribution is -2.67. The van der Waals surface area contributed by atoms with E-state index in [1.165, 1.54) is 31.4 Å². The third-order valence-electron chi connectivity index (χ3n) is 4.36. The molecule has 1 saturated heterocycles. The van der Waals surface area contributed by atoms with Crippen molar-refractivity contribution < 1.29 is 0 Å². The van der Waals surface area contributed by atoms with Gasteiger partial charge >= 0.3 is 0 Å². The molecule has 1 N–H and O–H groups in total. The number of benzene rings is 1. The van der Waals surface area contributed by atoms with Crippen molar-refractivity contribution in [1.82, 2.24) is 5.32 Å². The van der Waals surface area contributed by atoms with E-state index in [1.807, 2.05) is 0 Å². The van der Waals surface area contributed by atoms with Gasteiger partial charge in [0.25, 0.3) is 0 Å². The van der Waals surface area contributed by atoms with Crippen LogP contribution in [0.2, 0.25) is 0 Å². The summed E-state index contributed by atoms with van der Waals surface area (Å²) in [5.74, 6) is 0. The predicted molar refractivity (Wildman–Crippen MR) is 77.0 cm³/mol. The fraction of sp³-hybridized carbons (Fsp3) is 0.625. The van der Waals surface area contributed by atoms with E-state index in [2.05, 4.69) is 54.4 Å². The summed E-state index contributed by atoms with van der Waals surface area (Å²) in [5.41, 5.74) is 1.61. The highest BCUT2D eigenvalue weighted by atomic mass is 15.3. The van der Waals surface area contributed by atoms with Gasteiger partial charge in [-0.05, 0) is 38.8 Å². The summed E-state index contributed by atoms with van der Waals surface area (Å²) < 4.78 is 0. The molecule has 3 rings (SSSR count). The summed E-state index contributed by atoms with van der Waals surface area (Å²) >= 11 is 0. The average molecular weight is 244 g/mol. The Morgan fingerprint density at radius 3 is 2.61 bits per heavy atom. The molecule has 0 amide bonds. The highest BCUT2D eigenvalue weighted by Gasteiger charge is 2.40. The van der Waals surface area contributed by atoms with Gasteiger partial charge in [0.15, 0.2) is 0 Å². The number of anilines is 1. The molecule has 0 spiro atoms. The third kappa shape index (κ3) is 2.26. The third-order valence-corrected chi connectivity index (χ3v) is 4.36. The second-order valence-corrected chi connectivity index (χ2v) is 6.45. The minimum absolute atomic E-state index is 0.217. The summed E-state index contributed by atoms with van der Waals surface area (Å²) in [6.07, 6.45) is 5.43. The largest absolute Gasteiger partial charge is 0.365 e. The van der Waals surface area contributed by atoms with E-state index >= 15 is 0 Å². The standard InChI is InChI=1S/C16H24N2/c1-16(2)12-18(13-8-4-3-5-9-13)15-11-7-6-10-14(15)17-16/h3-5,8-9,14-15,17H,6-7,10-12H2,1-2H3/t14-,15-/m1/s1. The van der Waals surface area contributed by atoms with Crippen molar-refractivity contribution >= 4 is 5.69 Å². The van der Waals surface area contributed by atoms with Crippen LogP contribution in [0.4, 0.5) is 5.69 Å². The van der Waals surface area contributed by atoms with Gasteiger partial charge in [0.1, 0.15) is 0 Å². The van der Waals surface area contributed by atoms with Crippen LogP contribution in [0.3, 0.4) is 0 Å². The van der Waals surface area contributed by atoms with E-state index < -0.39 is 0 Å². The Morgan fingerprint density at radius 2 is 1.83 bits per heavy atom. The Balaban J connectivity index is 1.90. The topological polar surface area (TPSA) is 15.3 Å². The molecule has 18 heavy (non-hydrogen) atoms. The van der Waals surface area contributed by atoms with Crippen LogP contribution in [-0.2, 0) is 0 Å². The summed E-state index contributed by atoms with van der Waals surface area (Å²) in [5, 5.41) is 3.85. The second-order valence-electron chi connectivity index (χ2n) is 6.45. The Hall–Kier alpha value is -1.02. The van der Waals surface area contributed by atoms with Crippen LogP contribution < -0.4 is 10.2 Å². The van der Waals surface area contributed by atoms with E-state index in [4.69, 9.17) is 0 Å². The van der Waals surface area contributed by atoms with Gasteiger partial charge in [0.05, 0.1) is 0 Å². The molecule has 2 fully saturated rings. The van der Waals surface area contributed by atoms with Gasteiger partial charge in [0.2, 0.25) is 0 Å². The van der Waals surface area contributed by atoms with Crippen molar-refractivity contribution in [2.45, 2.75) is 57.2 Å². The first-order chi connectivity index (χ1) is 8.66. The number of hydrogen-bond donors (Lipinski definition) is 1. The first-order valence-corrected chi connectivity index (χ1v) is 7.25.